The SMILES string of the molecule is CCc1c(C(CC)NC)nnn1-c1cnn(C)c1. The summed E-state index contributed by atoms with van der Waals surface area (Å²) in [5.74, 6) is 0. The molecule has 0 saturated carbocycles. The van der Waals surface area contributed by atoms with Crippen LogP contribution in [0.1, 0.15) is 37.7 Å². The van der Waals surface area contributed by atoms with Crippen molar-refractivity contribution in [2.45, 2.75) is 32.7 Å². The molecule has 0 amide bonds. The monoisotopic (exact) mass is 248 g/mol. The molecule has 1 unspecified atom stereocenters. The van der Waals surface area contributed by atoms with Gasteiger partial charge in [0.25, 0.3) is 0 Å². The summed E-state index contributed by atoms with van der Waals surface area (Å²) in [5.41, 5.74) is 3.13. The highest BCUT2D eigenvalue weighted by molar-refractivity contribution is 5.29. The van der Waals surface area contributed by atoms with E-state index in [0.717, 1.165) is 29.9 Å². The van der Waals surface area contributed by atoms with Gasteiger partial charge < -0.3 is 5.32 Å². The number of nitrogens with one attached hydrogen (secondary N) is 1. The van der Waals surface area contributed by atoms with Crippen LogP contribution < -0.4 is 5.32 Å². The molecule has 1 atom stereocenters. The van der Waals surface area contributed by atoms with Gasteiger partial charge in [0, 0.05) is 7.05 Å². The first-order valence-corrected chi connectivity index (χ1v) is 6.32. The largest absolute Gasteiger partial charge is 0.312 e. The van der Waals surface area contributed by atoms with Gasteiger partial charge in [-0.15, -0.1) is 5.10 Å². The van der Waals surface area contributed by atoms with E-state index < -0.39 is 0 Å². The Balaban J connectivity index is 2.44. The van der Waals surface area contributed by atoms with Crippen LogP contribution in [-0.4, -0.2) is 31.8 Å². The molecule has 0 spiro atoms. The Morgan fingerprint density at radius 1 is 1.39 bits per heavy atom. The molecule has 2 aromatic heterocycles. The smallest absolute Gasteiger partial charge is 0.105 e. The predicted octanol–water partition coefficient (Wildman–Crippen LogP) is 1.23. The van der Waals surface area contributed by atoms with Crippen LogP contribution in [0.4, 0.5) is 0 Å². The Hall–Kier alpha value is -1.69. The van der Waals surface area contributed by atoms with Crippen LogP contribution in [0.3, 0.4) is 0 Å². The van der Waals surface area contributed by atoms with Crippen molar-refractivity contribution >= 4 is 0 Å². The summed E-state index contributed by atoms with van der Waals surface area (Å²) in [5, 5.41) is 16.0. The summed E-state index contributed by atoms with van der Waals surface area (Å²) in [6.45, 7) is 4.27. The molecule has 0 radical (unpaired) electrons. The zero-order chi connectivity index (χ0) is 13.1. The summed E-state index contributed by atoms with van der Waals surface area (Å²) in [6, 6.07) is 0.255. The quantitative estimate of drug-likeness (QED) is 0.864. The number of aryl methyl sites for hydroxylation is 1. The van der Waals surface area contributed by atoms with Crippen molar-refractivity contribution < 1.29 is 0 Å². The van der Waals surface area contributed by atoms with E-state index >= 15 is 0 Å². The Morgan fingerprint density at radius 3 is 2.67 bits per heavy atom. The van der Waals surface area contributed by atoms with Crippen LogP contribution in [0.2, 0.25) is 0 Å². The van der Waals surface area contributed by atoms with E-state index in [1.54, 1.807) is 10.9 Å². The van der Waals surface area contributed by atoms with E-state index in [0.29, 0.717) is 0 Å². The van der Waals surface area contributed by atoms with E-state index in [4.69, 9.17) is 0 Å². The van der Waals surface area contributed by atoms with Crippen molar-refractivity contribution in [3.63, 3.8) is 0 Å². The van der Waals surface area contributed by atoms with E-state index in [1.165, 1.54) is 0 Å². The molecule has 0 aliphatic rings. The minimum absolute atomic E-state index is 0.255. The average Bonchev–Trinajstić information content (AvgIpc) is 2.97. The topological polar surface area (TPSA) is 60.6 Å². The second-order valence-electron chi connectivity index (χ2n) is 4.31. The number of hydrogen-bond acceptors (Lipinski definition) is 4. The van der Waals surface area contributed by atoms with Crippen molar-refractivity contribution in [2.75, 3.05) is 7.05 Å². The maximum absolute atomic E-state index is 4.33. The first-order valence-electron chi connectivity index (χ1n) is 6.32. The summed E-state index contributed by atoms with van der Waals surface area (Å²) < 4.78 is 3.65. The number of nitrogens with zero attached hydrogens (tertiary/aromatic N) is 5. The molecule has 0 saturated heterocycles. The summed E-state index contributed by atoms with van der Waals surface area (Å²) in [7, 11) is 3.85. The van der Waals surface area contributed by atoms with Gasteiger partial charge in [0.1, 0.15) is 11.4 Å². The average molecular weight is 248 g/mol. The van der Waals surface area contributed by atoms with E-state index in [9.17, 15) is 0 Å². The minimum Gasteiger partial charge on any atom is -0.312 e. The fraction of sp³-hybridized carbons (Fsp3) is 0.583. The van der Waals surface area contributed by atoms with E-state index in [2.05, 4.69) is 34.6 Å². The van der Waals surface area contributed by atoms with Gasteiger partial charge in [-0.25, -0.2) is 4.68 Å². The molecule has 2 rings (SSSR count). The molecule has 98 valence electrons. The molecule has 6 heteroatoms. The molecule has 2 aromatic rings. The molecule has 0 aliphatic heterocycles. The minimum atomic E-state index is 0.255. The lowest BCUT2D eigenvalue weighted by Gasteiger charge is -2.12. The zero-order valence-electron chi connectivity index (χ0n) is 11.4. The maximum atomic E-state index is 4.33. The van der Waals surface area contributed by atoms with E-state index in [1.807, 2.05) is 25.0 Å². The van der Waals surface area contributed by atoms with Gasteiger partial charge >= 0.3 is 0 Å². The van der Waals surface area contributed by atoms with Crippen LogP contribution in [0.15, 0.2) is 12.4 Å². The Labute approximate surface area is 107 Å². The molecule has 18 heavy (non-hydrogen) atoms. The van der Waals surface area contributed by atoms with Gasteiger partial charge in [0.15, 0.2) is 0 Å². The van der Waals surface area contributed by atoms with Crippen LogP contribution in [0, 0.1) is 0 Å². The lowest BCUT2D eigenvalue weighted by molar-refractivity contribution is 0.555. The lowest BCUT2D eigenvalue weighted by atomic mass is 10.1. The Morgan fingerprint density at radius 2 is 2.17 bits per heavy atom. The first kappa shape index (κ1) is 12.8. The second kappa shape index (κ2) is 5.30. The molecule has 2 heterocycles. The maximum Gasteiger partial charge on any atom is 0.105 e. The van der Waals surface area contributed by atoms with Crippen LogP contribution in [0.25, 0.3) is 5.69 Å². The highest BCUT2D eigenvalue weighted by Crippen LogP contribution is 2.20. The van der Waals surface area contributed by atoms with Crippen molar-refractivity contribution in [1.29, 1.82) is 0 Å². The Kier molecular flexibility index (Phi) is 3.76. The highest BCUT2D eigenvalue weighted by atomic mass is 15.4. The summed E-state index contributed by atoms with van der Waals surface area (Å²) in [4.78, 5) is 0. The summed E-state index contributed by atoms with van der Waals surface area (Å²) in [6.07, 6.45) is 5.64. The zero-order valence-corrected chi connectivity index (χ0v) is 11.4. The summed E-state index contributed by atoms with van der Waals surface area (Å²) >= 11 is 0. The number of aromatic nitrogens is 5. The van der Waals surface area contributed by atoms with Gasteiger partial charge in [-0.1, -0.05) is 19.1 Å². The highest BCUT2D eigenvalue weighted by Gasteiger charge is 2.19. The molecule has 0 fully saturated rings. The van der Waals surface area contributed by atoms with Crippen molar-refractivity contribution in [2.24, 2.45) is 7.05 Å². The molecule has 0 aromatic carbocycles. The molecule has 1 N–H and O–H groups in total. The molecule has 6 nitrogen and oxygen atoms in total. The second-order valence-corrected chi connectivity index (χ2v) is 4.31. The van der Waals surface area contributed by atoms with Gasteiger partial charge in [-0.05, 0) is 19.9 Å². The first-order chi connectivity index (χ1) is 8.71. The van der Waals surface area contributed by atoms with Gasteiger partial charge in [0.2, 0.25) is 0 Å². The fourth-order valence-electron chi connectivity index (χ4n) is 2.17. The number of rotatable bonds is 5. The van der Waals surface area contributed by atoms with Gasteiger partial charge in [-0.2, -0.15) is 5.10 Å². The van der Waals surface area contributed by atoms with Crippen molar-refractivity contribution in [1.82, 2.24) is 30.1 Å². The fourth-order valence-corrected chi connectivity index (χ4v) is 2.17. The molecular formula is C12H20N6. The van der Waals surface area contributed by atoms with Gasteiger partial charge in [0.05, 0.1) is 24.1 Å². The van der Waals surface area contributed by atoms with E-state index in [-0.39, 0.29) is 6.04 Å². The van der Waals surface area contributed by atoms with Crippen molar-refractivity contribution in [3.05, 3.63) is 23.8 Å². The third-order valence-electron chi connectivity index (χ3n) is 3.15. The Bertz CT molecular complexity index is 508. The third-order valence-corrected chi connectivity index (χ3v) is 3.15. The normalized spacial score (nSPS) is 12.9. The predicted molar refractivity (Wildman–Crippen MR) is 69.6 cm³/mol. The molecule has 0 bridgehead atoms. The standard InChI is InChI=1S/C12H20N6/c1-5-10(13-3)12-11(6-2)18(16-15-12)9-7-14-17(4)8-9/h7-8,10,13H,5-6H2,1-4H3. The van der Waals surface area contributed by atoms with Crippen LogP contribution in [-0.2, 0) is 13.5 Å². The van der Waals surface area contributed by atoms with Gasteiger partial charge in [-0.3, -0.25) is 4.68 Å². The molecular weight excluding hydrogens is 228 g/mol. The van der Waals surface area contributed by atoms with Crippen LogP contribution in [0.5, 0.6) is 0 Å². The third kappa shape index (κ3) is 2.15. The van der Waals surface area contributed by atoms with Crippen molar-refractivity contribution in [3.8, 4) is 5.69 Å². The lowest BCUT2D eigenvalue weighted by Crippen LogP contribution is -2.17. The molecule has 0 aliphatic carbocycles. The number of hydrogen-bond donors (Lipinski definition) is 1. The van der Waals surface area contributed by atoms with Crippen LogP contribution >= 0.6 is 0 Å².